The zero-order valence-corrected chi connectivity index (χ0v) is 15.2. The molecule has 1 aromatic carbocycles. The van der Waals surface area contributed by atoms with Gasteiger partial charge in [0.2, 0.25) is 10.0 Å². The molecular formula is C17H21N3O5S. The van der Waals surface area contributed by atoms with Crippen molar-refractivity contribution in [3.63, 3.8) is 0 Å². The second-order valence-electron chi connectivity index (χ2n) is 6.41. The summed E-state index contributed by atoms with van der Waals surface area (Å²) in [5, 5.41) is 4.16. The number of benzene rings is 1. The number of rotatable bonds is 4. The van der Waals surface area contributed by atoms with Crippen LogP contribution < -0.4 is 14.2 Å². The molecular weight excluding hydrogens is 358 g/mol. The van der Waals surface area contributed by atoms with Gasteiger partial charge in [0.25, 0.3) is 0 Å². The second kappa shape index (κ2) is 6.90. The second-order valence-corrected chi connectivity index (χ2v) is 8.13. The van der Waals surface area contributed by atoms with Gasteiger partial charge in [-0.15, -0.1) is 0 Å². The van der Waals surface area contributed by atoms with Crippen LogP contribution in [0.5, 0.6) is 11.5 Å². The number of aromatic nitrogens is 2. The lowest BCUT2D eigenvalue weighted by Gasteiger charge is -2.31. The van der Waals surface area contributed by atoms with Crippen molar-refractivity contribution in [3.8, 4) is 11.5 Å². The minimum atomic E-state index is -3.72. The third kappa shape index (κ3) is 3.42. The fourth-order valence-electron chi connectivity index (χ4n) is 3.28. The average molecular weight is 379 g/mol. The van der Waals surface area contributed by atoms with Gasteiger partial charge in [-0.05, 0) is 25.0 Å². The highest BCUT2D eigenvalue weighted by Crippen LogP contribution is 2.33. The molecule has 1 fully saturated rings. The minimum Gasteiger partial charge on any atom is -0.486 e. The highest BCUT2D eigenvalue weighted by Gasteiger charge is 2.32. The van der Waals surface area contributed by atoms with Crippen molar-refractivity contribution in [1.82, 2.24) is 14.5 Å². The summed E-state index contributed by atoms with van der Waals surface area (Å²) in [5.74, 6) is 1.01. The number of aryl methyl sites for hydroxylation is 1. The molecule has 0 bridgehead atoms. The Hall–Kier alpha value is -2.10. The highest BCUT2D eigenvalue weighted by molar-refractivity contribution is 7.89. The van der Waals surface area contributed by atoms with Crippen LogP contribution in [-0.4, -0.2) is 44.1 Å². The Morgan fingerprint density at radius 2 is 2.00 bits per heavy atom. The van der Waals surface area contributed by atoms with Crippen molar-refractivity contribution in [3.05, 3.63) is 36.2 Å². The van der Waals surface area contributed by atoms with E-state index < -0.39 is 10.0 Å². The number of hydrogen-bond acceptors (Lipinski definition) is 6. The van der Waals surface area contributed by atoms with Crippen molar-refractivity contribution in [2.24, 2.45) is 7.05 Å². The van der Waals surface area contributed by atoms with Crippen LogP contribution >= 0.6 is 0 Å². The van der Waals surface area contributed by atoms with Gasteiger partial charge in [-0.2, -0.15) is 5.10 Å². The largest absolute Gasteiger partial charge is 0.486 e. The summed E-state index contributed by atoms with van der Waals surface area (Å²) in [4.78, 5) is 0.150. The minimum absolute atomic E-state index is 0.150. The van der Waals surface area contributed by atoms with Gasteiger partial charge in [-0.1, -0.05) is 0 Å². The lowest BCUT2D eigenvalue weighted by molar-refractivity contribution is -0.00446. The third-order valence-electron chi connectivity index (χ3n) is 4.51. The smallest absolute Gasteiger partial charge is 0.241 e. The fraction of sp³-hybridized carbons (Fsp3) is 0.471. The Bertz CT molecular complexity index is 896. The maximum Gasteiger partial charge on any atom is 0.241 e. The molecule has 0 spiro atoms. The van der Waals surface area contributed by atoms with Crippen molar-refractivity contribution in [2.75, 3.05) is 19.8 Å². The van der Waals surface area contributed by atoms with Crippen molar-refractivity contribution < 1.29 is 22.6 Å². The summed E-state index contributed by atoms with van der Waals surface area (Å²) in [6.45, 7) is 1.47. The molecule has 1 saturated heterocycles. The van der Waals surface area contributed by atoms with Gasteiger partial charge in [0.05, 0.1) is 17.1 Å². The fourth-order valence-corrected chi connectivity index (χ4v) is 4.56. The Morgan fingerprint density at radius 1 is 1.19 bits per heavy atom. The van der Waals surface area contributed by atoms with Crippen LogP contribution in [0.3, 0.4) is 0 Å². The average Bonchev–Trinajstić information content (AvgIpc) is 3.07. The number of nitrogens with one attached hydrogen (secondary N) is 1. The van der Waals surface area contributed by atoms with Crippen molar-refractivity contribution in [2.45, 2.75) is 29.9 Å². The first-order valence-electron chi connectivity index (χ1n) is 8.55. The van der Waals surface area contributed by atoms with E-state index in [0.717, 1.165) is 12.0 Å². The molecule has 0 aliphatic carbocycles. The SMILES string of the molecule is Cn1cc([C@H]2OCCC[C@@H]2NS(=O)(=O)c2ccc3c(c2)OCCO3)cn1. The van der Waals surface area contributed by atoms with Gasteiger partial charge < -0.3 is 14.2 Å². The Morgan fingerprint density at radius 3 is 2.77 bits per heavy atom. The zero-order chi connectivity index (χ0) is 18.1. The van der Waals surface area contributed by atoms with E-state index in [-0.39, 0.29) is 17.0 Å². The Labute approximate surface area is 152 Å². The highest BCUT2D eigenvalue weighted by atomic mass is 32.2. The molecule has 2 atom stereocenters. The summed E-state index contributed by atoms with van der Waals surface area (Å²) >= 11 is 0. The predicted molar refractivity (Wildman–Crippen MR) is 92.7 cm³/mol. The molecule has 26 heavy (non-hydrogen) atoms. The van der Waals surface area contributed by atoms with Gasteiger partial charge >= 0.3 is 0 Å². The molecule has 0 radical (unpaired) electrons. The van der Waals surface area contributed by atoms with E-state index in [4.69, 9.17) is 14.2 Å². The van der Waals surface area contributed by atoms with Crippen LogP contribution in [0.25, 0.3) is 0 Å². The van der Waals surface area contributed by atoms with E-state index in [2.05, 4.69) is 9.82 Å². The van der Waals surface area contributed by atoms with Crippen LogP contribution in [0.4, 0.5) is 0 Å². The van der Waals surface area contributed by atoms with E-state index in [9.17, 15) is 8.42 Å². The first-order valence-corrected chi connectivity index (χ1v) is 10.0. The molecule has 1 aromatic heterocycles. The van der Waals surface area contributed by atoms with Crippen molar-refractivity contribution in [1.29, 1.82) is 0 Å². The summed E-state index contributed by atoms with van der Waals surface area (Å²) < 4.78 is 47.0. The van der Waals surface area contributed by atoms with Gasteiger partial charge in [-0.25, -0.2) is 13.1 Å². The molecule has 4 rings (SSSR count). The lowest BCUT2D eigenvalue weighted by atomic mass is 9.99. The monoisotopic (exact) mass is 379 g/mol. The first-order chi connectivity index (χ1) is 12.5. The van der Waals surface area contributed by atoms with Crippen LogP contribution in [0.15, 0.2) is 35.5 Å². The van der Waals surface area contributed by atoms with Gasteiger partial charge in [0.1, 0.15) is 19.3 Å². The van der Waals surface area contributed by atoms with Crippen LogP contribution in [0.2, 0.25) is 0 Å². The molecule has 2 aliphatic rings. The summed E-state index contributed by atoms with van der Waals surface area (Å²) in [5.41, 5.74) is 0.863. The number of hydrogen-bond donors (Lipinski definition) is 1. The molecule has 0 amide bonds. The van der Waals surface area contributed by atoms with Crippen LogP contribution in [-0.2, 0) is 21.8 Å². The van der Waals surface area contributed by atoms with E-state index >= 15 is 0 Å². The van der Waals surface area contributed by atoms with Crippen molar-refractivity contribution >= 4 is 10.0 Å². The number of nitrogens with zero attached hydrogens (tertiary/aromatic N) is 2. The predicted octanol–water partition coefficient (Wildman–Crippen LogP) is 1.39. The van der Waals surface area contributed by atoms with E-state index in [0.29, 0.717) is 37.7 Å². The number of ether oxygens (including phenoxy) is 3. The zero-order valence-electron chi connectivity index (χ0n) is 14.4. The summed E-state index contributed by atoms with van der Waals surface area (Å²) in [7, 11) is -1.90. The molecule has 140 valence electrons. The molecule has 3 heterocycles. The molecule has 0 unspecified atom stereocenters. The maximum absolute atomic E-state index is 12.9. The molecule has 9 heteroatoms. The standard InChI is InChI=1S/C17H21N3O5S/c1-20-11-12(10-18-20)17-14(3-2-6-25-17)19-26(21,22)13-4-5-15-16(9-13)24-8-7-23-15/h4-5,9-11,14,17,19H,2-3,6-8H2,1H3/t14-,17+/m0/s1. The normalized spacial score (nSPS) is 23.0. The number of fused-ring (bicyclic) bond motifs is 1. The van der Waals surface area contributed by atoms with Gasteiger partial charge in [0, 0.05) is 31.5 Å². The molecule has 2 aromatic rings. The summed E-state index contributed by atoms with van der Waals surface area (Å²) in [6.07, 6.45) is 4.70. The molecule has 1 N–H and O–H groups in total. The van der Waals surface area contributed by atoms with E-state index in [1.807, 2.05) is 13.2 Å². The lowest BCUT2D eigenvalue weighted by Crippen LogP contribution is -2.42. The Balaban J connectivity index is 1.57. The quantitative estimate of drug-likeness (QED) is 0.863. The topological polar surface area (TPSA) is 91.7 Å². The Kier molecular flexibility index (Phi) is 4.60. The van der Waals surface area contributed by atoms with Crippen LogP contribution in [0, 0.1) is 0 Å². The molecule has 8 nitrogen and oxygen atoms in total. The maximum atomic E-state index is 12.9. The molecule has 2 aliphatic heterocycles. The van der Waals surface area contributed by atoms with Gasteiger partial charge in [0.15, 0.2) is 11.5 Å². The molecule has 0 saturated carbocycles. The van der Waals surface area contributed by atoms with Gasteiger partial charge in [-0.3, -0.25) is 4.68 Å². The van der Waals surface area contributed by atoms with E-state index in [1.165, 1.54) is 12.1 Å². The van der Waals surface area contributed by atoms with E-state index in [1.54, 1.807) is 16.9 Å². The van der Waals surface area contributed by atoms with Crippen LogP contribution in [0.1, 0.15) is 24.5 Å². The third-order valence-corrected chi connectivity index (χ3v) is 5.99. The summed E-state index contributed by atoms with van der Waals surface area (Å²) in [6, 6.07) is 4.29. The number of sulfonamides is 1. The first kappa shape index (κ1) is 17.3.